The predicted octanol–water partition coefficient (Wildman–Crippen LogP) is 3.79. The average Bonchev–Trinajstić information content (AvgIpc) is 2.65. The first-order valence-electron chi connectivity index (χ1n) is 9.98. The smallest absolute Gasteiger partial charge is 0.344 e. The summed E-state index contributed by atoms with van der Waals surface area (Å²) in [7, 11) is 1.59. The number of carbonyl (C=O) groups is 2. The predicted molar refractivity (Wildman–Crippen MR) is 99.7 cm³/mol. The normalized spacial score (nSPS) is 32.0. The lowest BCUT2D eigenvalue weighted by Crippen LogP contribution is -2.52. The van der Waals surface area contributed by atoms with Crippen molar-refractivity contribution >= 4 is 11.8 Å². The van der Waals surface area contributed by atoms with Gasteiger partial charge in [-0.15, -0.1) is 0 Å². The molecule has 0 aliphatic heterocycles. The van der Waals surface area contributed by atoms with Gasteiger partial charge in [0.1, 0.15) is 11.5 Å². The van der Waals surface area contributed by atoms with E-state index in [1.54, 1.807) is 38.3 Å². The zero-order valence-corrected chi connectivity index (χ0v) is 16.1. The van der Waals surface area contributed by atoms with Crippen LogP contribution in [0.5, 0.6) is 11.5 Å². The average molecular weight is 372 g/mol. The van der Waals surface area contributed by atoms with E-state index in [1.807, 2.05) is 0 Å². The quantitative estimate of drug-likeness (QED) is 0.682. The summed E-state index contributed by atoms with van der Waals surface area (Å²) in [5, 5.41) is 0. The number of ether oxygens (including phenoxy) is 3. The summed E-state index contributed by atoms with van der Waals surface area (Å²) in [4.78, 5) is 25.3. The van der Waals surface area contributed by atoms with Crippen molar-refractivity contribution in [3.63, 3.8) is 0 Å². The molecule has 4 fully saturated rings. The van der Waals surface area contributed by atoms with Crippen molar-refractivity contribution in [2.45, 2.75) is 51.6 Å². The highest BCUT2D eigenvalue weighted by Gasteiger charge is 2.55. The number of carbonyl (C=O) groups excluding carboxylic acids is 2. The summed E-state index contributed by atoms with van der Waals surface area (Å²) in [6.45, 7) is 1.51. The molecular formula is C22H28O5. The monoisotopic (exact) mass is 372 g/mol. The Morgan fingerprint density at radius 1 is 1.00 bits per heavy atom. The molecule has 1 unspecified atom stereocenters. The van der Waals surface area contributed by atoms with Gasteiger partial charge >= 0.3 is 5.97 Å². The van der Waals surface area contributed by atoms with Crippen molar-refractivity contribution < 1.29 is 23.8 Å². The minimum Gasteiger partial charge on any atom is -0.497 e. The molecule has 1 aromatic carbocycles. The third-order valence-electron chi connectivity index (χ3n) is 6.65. The van der Waals surface area contributed by atoms with Gasteiger partial charge in [0.2, 0.25) is 0 Å². The molecule has 0 radical (unpaired) electrons. The van der Waals surface area contributed by atoms with Crippen LogP contribution in [-0.2, 0) is 14.3 Å². The van der Waals surface area contributed by atoms with Crippen LogP contribution in [0.2, 0.25) is 0 Å². The Bertz CT molecular complexity index is 673. The molecule has 1 atom stereocenters. The molecule has 0 N–H and O–H groups in total. The summed E-state index contributed by atoms with van der Waals surface area (Å²) in [5.41, 5.74) is -0.245. The van der Waals surface area contributed by atoms with Crippen molar-refractivity contribution in [3.05, 3.63) is 24.3 Å². The Kier molecular flexibility index (Phi) is 4.87. The topological polar surface area (TPSA) is 61.8 Å². The fourth-order valence-corrected chi connectivity index (χ4v) is 5.94. The lowest BCUT2D eigenvalue weighted by atomic mass is 9.48. The Morgan fingerprint density at radius 2 is 1.52 bits per heavy atom. The molecule has 5 heteroatoms. The van der Waals surface area contributed by atoms with Crippen LogP contribution in [0.3, 0.4) is 0 Å². The lowest BCUT2D eigenvalue weighted by Gasteiger charge is -2.56. The molecule has 0 amide bonds. The molecule has 0 saturated heterocycles. The molecule has 27 heavy (non-hydrogen) atoms. The molecule has 0 heterocycles. The molecule has 146 valence electrons. The van der Waals surface area contributed by atoms with Gasteiger partial charge in [0.05, 0.1) is 7.11 Å². The third-order valence-corrected chi connectivity index (χ3v) is 6.65. The third kappa shape index (κ3) is 3.69. The van der Waals surface area contributed by atoms with Crippen molar-refractivity contribution in [3.8, 4) is 11.5 Å². The fraction of sp³-hybridized carbons (Fsp3) is 0.636. The van der Waals surface area contributed by atoms with Crippen LogP contribution < -0.4 is 9.47 Å². The standard InChI is InChI=1S/C22H28O5/c1-14(27-20(23)13-26-19-5-3-18(25-2)4-6-19)21(24)22-10-15-7-16(11-22)9-17(8-15)12-22/h3-6,14-17H,7-13H2,1-2H3. The van der Waals surface area contributed by atoms with Crippen molar-refractivity contribution in [1.82, 2.24) is 0 Å². The summed E-state index contributed by atoms with van der Waals surface area (Å²) in [6, 6.07) is 6.99. The van der Waals surface area contributed by atoms with E-state index in [4.69, 9.17) is 14.2 Å². The van der Waals surface area contributed by atoms with Crippen LogP contribution in [0.15, 0.2) is 24.3 Å². The molecule has 4 saturated carbocycles. The van der Waals surface area contributed by atoms with Crippen molar-refractivity contribution in [2.24, 2.45) is 23.2 Å². The maximum Gasteiger partial charge on any atom is 0.344 e. The van der Waals surface area contributed by atoms with E-state index < -0.39 is 12.1 Å². The summed E-state index contributed by atoms with van der Waals surface area (Å²) < 4.78 is 16.0. The van der Waals surface area contributed by atoms with E-state index in [1.165, 1.54) is 19.3 Å². The molecule has 4 aliphatic carbocycles. The minimum absolute atomic E-state index is 0.124. The first-order chi connectivity index (χ1) is 13.0. The summed E-state index contributed by atoms with van der Waals surface area (Å²) >= 11 is 0. The van der Waals surface area contributed by atoms with Gasteiger partial charge in [-0.25, -0.2) is 4.79 Å². The van der Waals surface area contributed by atoms with E-state index in [0.29, 0.717) is 23.5 Å². The molecular weight excluding hydrogens is 344 g/mol. The van der Waals surface area contributed by atoms with Crippen LogP contribution in [-0.4, -0.2) is 31.6 Å². The Balaban J connectivity index is 1.31. The largest absolute Gasteiger partial charge is 0.497 e. The van der Waals surface area contributed by atoms with E-state index in [2.05, 4.69) is 0 Å². The molecule has 0 spiro atoms. The van der Waals surface area contributed by atoms with Crippen LogP contribution in [0.25, 0.3) is 0 Å². The van der Waals surface area contributed by atoms with Crippen molar-refractivity contribution in [2.75, 3.05) is 13.7 Å². The van der Waals surface area contributed by atoms with E-state index in [-0.39, 0.29) is 17.8 Å². The number of Topliss-reactive ketones (excluding diaryl/α,β-unsaturated/α-hetero) is 1. The molecule has 1 aromatic rings. The van der Waals surface area contributed by atoms with Gasteiger partial charge < -0.3 is 14.2 Å². The van der Waals surface area contributed by atoms with Gasteiger partial charge in [-0.05, 0) is 87.5 Å². The van der Waals surface area contributed by atoms with Gasteiger partial charge in [-0.3, -0.25) is 4.79 Å². The summed E-state index contributed by atoms with van der Waals surface area (Å²) in [6.07, 6.45) is 6.13. The first-order valence-corrected chi connectivity index (χ1v) is 9.98. The second kappa shape index (κ2) is 7.17. The number of esters is 1. The van der Waals surface area contributed by atoms with Crippen LogP contribution in [0.4, 0.5) is 0 Å². The molecule has 4 aliphatic rings. The number of benzene rings is 1. The maximum absolute atomic E-state index is 13.1. The highest BCUT2D eigenvalue weighted by atomic mass is 16.6. The number of ketones is 1. The number of rotatable bonds is 7. The van der Waals surface area contributed by atoms with Crippen LogP contribution >= 0.6 is 0 Å². The molecule has 0 aromatic heterocycles. The van der Waals surface area contributed by atoms with Crippen molar-refractivity contribution in [1.29, 1.82) is 0 Å². The van der Waals surface area contributed by atoms with E-state index in [0.717, 1.165) is 25.0 Å². The second-order valence-electron chi connectivity index (χ2n) is 8.66. The Hall–Kier alpha value is -2.04. The second-order valence-corrected chi connectivity index (χ2v) is 8.66. The van der Waals surface area contributed by atoms with Gasteiger partial charge in [0.15, 0.2) is 18.5 Å². The SMILES string of the molecule is COc1ccc(OCC(=O)OC(C)C(=O)C23CC4CC(CC(C4)C2)C3)cc1. The minimum atomic E-state index is -0.701. The van der Waals surface area contributed by atoms with Crippen LogP contribution in [0, 0.1) is 23.2 Å². The van der Waals surface area contributed by atoms with E-state index in [9.17, 15) is 9.59 Å². The Labute approximate surface area is 160 Å². The lowest BCUT2D eigenvalue weighted by molar-refractivity contribution is -0.166. The zero-order valence-electron chi connectivity index (χ0n) is 16.1. The number of methoxy groups -OCH3 is 1. The first kappa shape index (κ1) is 18.3. The maximum atomic E-state index is 13.1. The zero-order chi connectivity index (χ0) is 19.0. The van der Waals surface area contributed by atoms with Gasteiger partial charge in [-0.1, -0.05) is 0 Å². The Morgan fingerprint density at radius 3 is 2.04 bits per heavy atom. The summed E-state index contributed by atoms with van der Waals surface area (Å²) in [5.74, 6) is 2.99. The molecule has 4 bridgehead atoms. The van der Waals surface area contributed by atoms with E-state index >= 15 is 0 Å². The fourth-order valence-electron chi connectivity index (χ4n) is 5.94. The highest BCUT2D eigenvalue weighted by molar-refractivity contribution is 5.90. The van der Waals surface area contributed by atoms with Crippen LogP contribution in [0.1, 0.15) is 45.4 Å². The van der Waals surface area contributed by atoms with Gasteiger partial charge in [0, 0.05) is 5.41 Å². The molecule has 5 rings (SSSR count). The van der Waals surface area contributed by atoms with Gasteiger partial charge in [-0.2, -0.15) is 0 Å². The molecule has 5 nitrogen and oxygen atoms in total. The number of hydrogen-bond donors (Lipinski definition) is 0. The van der Waals surface area contributed by atoms with Gasteiger partial charge in [0.25, 0.3) is 0 Å². The number of hydrogen-bond acceptors (Lipinski definition) is 5. The highest BCUT2D eigenvalue weighted by Crippen LogP contribution is 2.60.